The van der Waals surface area contributed by atoms with E-state index in [1.54, 1.807) is 6.33 Å². The Kier molecular flexibility index (Phi) is 3.78. The van der Waals surface area contributed by atoms with Crippen molar-refractivity contribution < 1.29 is 4.79 Å². The van der Waals surface area contributed by atoms with Crippen molar-refractivity contribution in [3.8, 4) is 0 Å². The Morgan fingerprint density at radius 3 is 3.24 bits per heavy atom. The Labute approximate surface area is 102 Å². The molecule has 1 aromatic heterocycles. The molecule has 94 valence electrons. The van der Waals surface area contributed by atoms with E-state index in [4.69, 9.17) is 0 Å². The topological polar surface area (TPSA) is 59.0 Å². The van der Waals surface area contributed by atoms with Crippen LogP contribution in [0.1, 0.15) is 44.5 Å². The maximum Gasteiger partial charge on any atom is 0.242 e. The van der Waals surface area contributed by atoms with Gasteiger partial charge in [-0.05, 0) is 33.2 Å². The minimum atomic E-state index is -0.199. The van der Waals surface area contributed by atoms with Crippen LogP contribution >= 0.6 is 0 Å². The first-order valence-corrected chi connectivity index (χ1v) is 6.27. The maximum absolute atomic E-state index is 11.8. The summed E-state index contributed by atoms with van der Waals surface area (Å²) in [5, 5.41) is 6.28. The number of nitrogens with zero attached hydrogens (tertiary/aromatic N) is 2. The zero-order valence-corrected chi connectivity index (χ0v) is 10.4. The van der Waals surface area contributed by atoms with Gasteiger partial charge in [-0.15, -0.1) is 0 Å². The van der Waals surface area contributed by atoms with Crippen LogP contribution in [0.4, 0.5) is 0 Å². The van der Waals surface area contributed by atoms with Gasteiger partial charge in [0, 0.05) is 18.8 Å². The number of hydrogen-bond donors (Lipinski definition) is 2. The van der Waals surface area contributed by atoms with Gasteiger partial charge in [0.2, 0.25) is 5.91 Å². The number of likely N-dealkylation sites (N-methyl/N-ethyl adjacent to an activating group) is 1. The van der Waals surface area contributed by atoms with Crippen molar-refractivity contribution in [2.24, 2.45) is 0 Å². The summed E-state index contributed by atoms with van der Waals surface area (Å²) in [4.78, 5) is 16.0. The van der Waals surface area contributed by atoms with Crippen LogP contribution in [0.25, 0.3) is 0 Å². The fraction of sp³-hybridized carbons (Fsp3) is 0.667. The molecule has 0 saturated carbocycles. The van der Waals surface area contributed by atoms with Crippen molar-refractivity contribution in [2.45, 2.75) is 38.8 Å². The van der Waals surface area contributed by atoms with E-state index in [2.05, 4.69) is 15.6 Å². The first-order chi connectivity index (χ1) is 8.24. The molecule has 0 radical (unpaired) electrons. The van der Waals surface area contributed by atoms with Crippen LogP contribution in [-0.2, 0) is 4.79 Å². The van der Waals surface area contributed by atoms with E-state index in [0.29, 0.717) is 12.6 Å². The van der Waals surface area contributed by atoms with Crippen LogP contribution in [0, 0.1) is 0 Å². The normalized spacial score (nSPS) is 21.4. The highest BCUT2D eigenvalue weighted by Crippen LogP contribution is 2.24. The van der Waals surface area contributed by atoms with E-state index >= 15 is 0 Å². The summed E-state index contributed by atoms with van der Waals surface area (Å²) in [5.41, 5.74) is 1.11. The molecule has 1 aliphatic rings. The fourth-order valence-corrected chi connectivity index (χ4v) is 2.29. The minimum absolute atomic E-state index is 0.0461. The first-order valence-electron chi connectivity index (χ1n) is 6.27. The summed E-state index contributed by atoms with van der Waals surface area (Å²) in [7, 11) is 0. The van der Waals surface area contributed by atoms with Crippen molar-refractivity contribution in [2.75, 3.05) is 13.1 Å². The summed E-state index contributed by atoms with van der Waals surface area (Å²) in [5.74, 6) is 0.0461. The smallest absolute Gasteiger partial charge is 0.242 e. The van der Waals surface area contributed by atoms with Gasteiger partial charge in [-0.3, -0.25) is 4.79 Å². The number of carbonyl (C=O) groups is 1. The molecule has 2 unspecified atom stereocenters. The third-order valence-electron chi connectivity index (χ3n) is 3.26. The molecule has 1 amide bonds. The molecule has 2 heterocycles. The lowest BCUT2D eigenvalue weighted by Crippen LogP contribution is -2.32. The van der Waals surface area contributed by atoms with E-state index in [0.717, 1.165) is 18.7 Å². The van der Waals surface area contributed by atoms with Gasteiger partial charge in [0.1, 0.15) is 6.04 Å². The van der Waals surface area contributed by atoms with Crippen molar-refractivity contribution in [1.82, 2.24) is 20.2 Å². The van der Waals surface area contributed by atoms with E-state index in [9.17, 15) is 4.79 Å². The van der Waals surface area contributed by atoms with Gasteiger partial charge in [-0.25, -0.2) is 4.98 Å². The Morgan fingerprint density at radius 1 is 1.76 bits per heavy atom. The zero-order chi connectivity index (χ0) is 12.3. The zero-order valence-electron chi connectivity index (χ0n) is 10.4. The predicted octanol–water partition coefficient (Wildman–Crippen LogP) is 1.00. The Hall–Kier alpha value is -1.36. The molecule has 1 fully saturated rings. The highest BCUT2D eigenvalue weighted by Gasteiger charge is 2.23. The van der Waals surface area contributed by atoms with E-state index in [1.807, 2.05) is 24.6 Å². The summed E-state index contributed by atoms with van der Waals surface area (Å²) >= 11 is 0. The van der Waals surface area contributed by atoms with Gasteiger partial charge < -0.3 is 15.2 Å². The third kappa shape index (κ3) is 2.49. The highest BCUT2D eigenvalue weighted by atomic mass is 16.2. The van der Waals surface area contributed by atoms with Crippen LogP contribution in [0.2, 0.25) is 0 Å². The molecule has 5 heteroatoms. The second-order valence-corrected chi connectivity index (χ2v) is 4.45. The van der Waals surface area contributed by atoms with Crippen LogP contribution in [0.5, 0.6) is 0 Å². The standard InChI is InChI=1S/C12H20N4O/c1-3-14-12(17)9(2)16-8-13-7-11(16)10-5-4-6-15-10/h7-10,15H,3-6H2,1-2H3,(H,14,17). The molecule has 17 heavy (non-hydrogen) atoms. The highest BCUT2D eigenvalue weighted by molar-refractivity contribution is 5.79. The lowest BCUT2D eigenvalue weighted by atomic mass is 10.1. The second-order valence-electron chi connectivity index (χ2n) is 4.45. The van der Waals surface area contributed by atoms with Gasteiger partial charge in [0.05, 0.1) is 12.0 Å². The molecule has 0 aliphatic carbocycles. The largest absolute Gasteiger partial charge is 0.355 e. The third-order valence-corrected chi connectivity index (χ3v) is 3.26. The molecular weight excluding hydrogens is 216 g/mol. The number of nitrogens with one attached hydrogen (secondary N) is 2. The summed E-state index contributed by atoms with van der Waals surface area (Å²) in [6.07, 6.45) is 5.91. The molecule has 2 N–H and O–H groups in total. The minimum Gasteiger partial charge on any atom is -0.355 e. The Morgan fingerprint density at radius 2 is 2.59 bits per heavy atom. The van der Waals surface area contributed by atoms with Crippen LogP contribution in [0.3, 0.4) is 0 Å². The molecule has 1 aliphatic heterocycles. The summed E-state index contributed by atoms with van der Waals surface area (Å²) in [6.45, 7) is 5.54. The number of aromatic nitrogens is 2. The molecule has 1 saturated heterocycles. The number of carbonyl (C=O) groups excluding carboxylic acids is 1. The van der Waals surface area contributed by atoms with Crippen molar-refractivity contribution in [3.63, 3.8) is 0 Å². The van der Waals surface area contributed by atoms with Crippen LogP contribution in [0.15, 0.2) is 12.5 Å². The van der Waals surface area contributed by atoms with Gasteiger partial charge in [0.25, 0.3) is 0 Å². The lowest BCUT2D eigenvalue weighted by molar-refractivity contribution is -0.123. The Balaban J connectivity index is 2.15. The van der Waals surface area contributed by atoms with Crippen molar-refractivity contribution >= 4 is 5.91 Å². The van der Waals surface area contributed by atoms with Gasteiger partial charge >= 0.3 is 0 Å². The Bertz CT molecular complexity index is 382. The molecule has 0 bridgehead atoms. The molecule has 2 rings (SSSR count). The lowest BCUT2D eigenvalue weighted by Gasteiger charge is -2.19. The van der Waals surface area contributed by atoms with E-state index < -0.39 is 0 Å². The molecule has 0 spiro atoms. The fourth-order valence-electron chi connectivity index (χ4n) is 2.29. The molecular formula is C12H20N4O. The molecule has 5 nitrogen and oxygen atoms in total. The number of imidazole rings is 1. The van der Waals surface area contributed by atoms with Crippen LogP contribution < -0.4 is 10.6 Å². The van der Waals surface area contributed by atoms with E-state index in [-0.39, 0.29) is 11.9 Å². The van der Waals surface area contributed by atoms with Crippen LogP contribution in [-0.4, -0.2) is 28.5 Å². The summed E-state index contributed by atoms with van der Waals surface area (Å²) < 4.78 is 1.97. The predicted molar refractivity (Wildman–Crippen MR) is 65.6 cm³/mol. The number of amides is 1. The second kappa shape index (κ2) is 5.31. The first kappa shape index (κ1) is 12.1. The van der Waals surface area contributed by atoms with E-state index in [1.165, 1.54) is 6.42 Å². The quantitative estimate of drug-likeness (QED) is 0.820. The molecule has 0 aromatic carbocycles. The van der Waals surface area contributed by atoms with Gasteiger partial charge in [-0.1, -0.05) is 0 Å². The van der Waals surface area contributed by atoms with Gasteiger partial charge in [0.15, 0.2) is 0 Å². The number of hydrogen-bond acceptors (Lipinski definition) is 3. The average Bonchev–Trinajstić information content (AvgIpc) is 2.98. The average molecular weight is 236 g/mol. The maximum atomic E-state index is 11.8. The van der Waals surface area contributed by atoms with Crippen molar-refractivity contribution in [1.29, 1.82) is 0 Å². The van der Waals surface area contributed by atoms with Crippen molar-refractivity contribution in [3.05, 3.63) is 18.2 Å². The summed E-state index contributed by atoms with van der Waals surface area (Å²) in [6, 6.07) is 0.143. The van der Waals surface area contributed by atoms with Gasteiger partial charge in [-0.2, -0.15) is 0 Å². The number of rotatable bonds is 4. The SMILES string of the molecule is CCNC(=O)C(C)n1cncc1C1CCCN1. The monoisotopic (exact) mass is 236 g/mol. The molecule has 1 aromatic rings. The molecule has 2 atom stereocenters.